The number of nitrogens with zero attached hydrogens (tertiary/aromatic N) is 2. The molecule has 0 aromatic carbocycles. The summed E-state index contributed by atoms with van der Waals surface area (Å²) in [5.41, 5.74) is 1.02. The van der Waals surface area contributed by atoms with E-state index in [4.69, 9.17) is 5.11 Å². The van der Waals surface area contributed by atoms with Crippen molar-refractivity contribution in [2.24, 2.45) is 0 Å². The summed E-state index contributed by atoms with van der Waals surface area (Å²) in [4.78, 5) is 18.8. The monoisotopic (exact) mass is 235 g/mol. The molecule has 0 aliphatic carbocycles. The summed E-state index contributed by atoms with van der Waals surface area (Å²) in [6.45, 7) is 0.584. The summed E-state index contributed by atoms with van der Waals surface area (Å²) in [6.07, 6.45) is 4.80. The second-order valence-electron chi connectivity index (χ2n) is 3.05. The molecule has 0 amide bonds. The van der Waals surface area contributed by atoms with Crippen molar-refractivity contribution < 1.29 is 9.90 Å². The molecule has 0 saturated heterocycles. The first-order valence-corrected chi connectivity index (χ1v) is 5.39. The Balaban J connectivity index is 1.97. The number of hydrogen-bond donors (Lipinski definition) is 2. The number of carbonyl (C=O) groups is 1. The van der Waals surface area contributed by atoms with E-state index >= 15 is 0 Å². The fourth-order valence-corrected chi connectivity index (χ4v) is 1.79. The van der Waals surface area contributed by atoms with Crippen molar-refractivity contribution in [3.8, 4) is 0 Å². The van der Waals surface area contributed by atoms with Crippen LogP contribution in [0, 0.1) is 0 Å². The molecule has 82 valence electrons. The van der Waals surface area contributed by atoms with E-state index in [-0.39, 0.29) is 4.88 Å². The molecule has 2 N–H and O–H groups in total. The van der Waals surface area contributed by atoms with Crippen LogP contribution < -0.4 is 5.32 Å². The van der Waals surface area contributed by atoms with Gasteiger partial charge in [0.15, 0.2) is 5.13 Å². The third kappa shape index (κ3) is 2.54. The lowest BCUT2D eigenvalue weighted by molar-refractivity contribution is 0.0702. The lowest BCUT2D eigenvalue weighted by Gasteiger charge is -2.00. The van der Waals surface area contributed by atoms with Gasteiger partial charge in [0.25, 0.3) is 0 Å². The number of aromatic carboxylic acids is 1. The first-order valence-electron chi connectivity index (χ1n) is 4.57. The van der Waals surface area contributed by atoms with Crippen LogP contribution in [-0.4, -0.2) is 21.0 Å². The van der Waals surface area contributed by atoms with Gasteiger partial charge in [-0.05, 0) is 11.6 Å². The Hall–Kier alpha value is -1.95. The van der Waals surface area contributed by atoms with Crippen LogP contribution >= 0.6 is 11.3 Å². The van der Waals surface area contributed by atoms with Crippen LogP contribution in [-0.2, 0) is 6.54 Å². The highest BCUT2D eigenvalue weighted by Crippen LogP contribution is 2.18. The average molecular weight is 235 g/mol. The van der Waals surface area contributed by atoms with Crippen molar-refractivity contribution in [3.63, 3.8) is 0 Å². The quantitative estimate of drug-likeness (QED) is 0.845. The predicted molar refractivity (Wildman–Crippen MR) is 60.6 cm³/mol. The number of carboxylic acid groups (broad SMARTS) is 1. The van der Waals surface area contributed by atoms with E-state index in [9.17, 15) is 4.79 Å². The maximum atomic E-state index is 10.6. The predicted octanol–water partition coefficient (Wildman–Crippen LogP) is 1.85. The van der Waals surface area contributed by atoms with E-state index in [1.54, 1.807) is 12.4 Å². The van der Waals surface area contributed by atoms with Gasteiger partial charge in [0.2, 0.25) is 0 Å². The first kappa shape index (κ1) is 10.6. The van der Waals surface area contributed by atoms with Crippen LogP contribution in [0.15, 0.2) is 30.7 Å². The zero-order valence-electron chi connectivity index (χ0n) is 8.25. The van der Waals surface area contributed by atoms with Gasteiger partial charge in [-0.15, -0.1) is 0 Å². The minimum Gasteiger partial charge on any atom is -0.477 e. The molecule has 0 fully saturated rings. The smallest absolute Gasteiger partial charge is 0.347 e. The van der Waals surface area contributed by atoms with Crippen LogP contribution in [0.5, 0.6) is 0 Å². The van der Waals surface area contributed by atoms with Gasteiger partial charge in [0.1, 0.15) is 4.88 Å². The molecule has 2 heterocycles. The molecule has 0 bridgehead atoms. The number of aromatic nitrogens is 2. The number of hydrogen-bond acceptors (Lipinski definition) is 5. The Morgan fingerprint density at radius 3 is 3.00 bits per heavy atom. The molecule has 0 radical (unpaired) electrons. The van der Waals surface area contributed by atoms with E-state index < -0.39 is 5.97 Å². The van der Waals surface area contributed by atoms with Crippen LogP contribution in [0.4, 0.5) is 5.13 Å². The Morgan fingerprint density at radius 2 is 2.38 bits per heavy atom. The number of rotatable bonds is 4. The standard InChI is InChI=1S/C10H9N3O2S/c14-9(15)8-6-13-10(16-8)12-5-7-2-1-3-11-4-7/h1-4,6H,5H2,(H,12,13)(H,14,15). The van der Waals surface area contributed by atoms with Crippen LogP contribution in [0.3, 0.4) is 0 Å². The first-order chi connectivity index (χ1) is 7.75. The zero-order chi connectivity index (χ0) is 11.4. The minimum absolute atomic E-state index is 0.230. The molecule has 0 unspecified atom stereocenters. The summed E-state index contributed by atoms with van der Waals surface area (Å²) in [5.74, 6) is -0.952. The third-order valence-corrected chi connectivity index (χ3v) is 2.83. The highest BCUT2D eigenvalue weighted by atomic mass is 32.1. The number of nitrogens with one attached hydrogen (secondary N) is 1. The van der Waals surface area contributed by atoms with Gasteiger partial charge in [-0.25, -0.2) is 9.78 Å². The molecular formula is C10H9N3O2S. The van der Waals surface area contributed by atoms with Gasteiger partial charge < -0.3 is 10.4 Å². The molecular weight excluding hydrogens is 226 g/mol. The number of carboxylic acids is 1. The Bertz CT molecular complexity index is 484. The molecule has 0 aliphatic rings. The molecule has 2 rings (SSSR count). The summed E-state index contributed by atoms with van der Waals surface area (Å²) in [7, 11) is 0. The molecule has 0 atom stereocenters. The lowest BCUT2D eigenvalue weighted by Crippen LogP contribution is -1.98. The van der Waals surface area contributed by atoms with Gasteiger partial charge in [-0.2, -0.15) is 0 Å². The van der Waals surface area contributed by atoms with Gasteiger partial charge in [-0.1, -0.05) is 17.4 Å². The number of thiazole rings is 1. The van der Waals surface area contributed by atoms with Crippen molar-refractivity contribution in [1.82, 2.24) is 9.97 Å². The van der Waals surface area contributed by atoms with E-state index in [1.807, 2.05) is 12.1 Å². The van der Waals surface area contributed by atoms with Crippen LogP contribution in [0.2, 0.25) is 0 Å². The summed E-state index contributed by atoms with van der Waals surface area (Å²) < 4.78 is 0. The number of pyridine rings is 1. The fourth-order valence-electron chi connectivity index (χ4n) is 1.14. The van der Waals surface area contributed by atoms with Gasteiger partial charge in [0.05, 0.1) is 6.20 Å². The van der Waals surface area contributed by atoms with Crippen molar-refractivity contribution in [3.05, 3.63) is 41.2 Å². The second kappa shape index (κ2) is 4.71. The molecule has 2 aromatic heterocycles. The highest BCUT2D eigenvalue weighted by molar-refractivity contribution is 7.17. The molecule has 0 spiro atoms. The maximum absolute atomic E-state index is 10.6. The van der Waals surface area contributed by atoms with Crippen LogP contribution in [0.25, 0.3) is 0 Å². The second-order valence-corrected chi connectivity index (χ2v) is 4.08. The molecule has 0 aliphatic heterocycles. The van der Waals surface area contributed by atoms with E-state index in [0.717, 1.165) is 16.9 Å². The van der Waals surface area contributed by atoms with Crippen LogP contribution in [0.1, 0.15) is 15.2 Å². The largest absolute Gasteiger partial charge is 0.477 e. The maximum Gasteiger partial charge on any atom is 0.347 e. The summed E-state index contributed by atoms with van der Waals surface area (Å²) >= 11 is 1.12. The van der Waals surface area contributed by atoms with Crippen molar-refractivity contribution in [1.29, 1.82) is 0 Å². The van der Waals surface area contributed by atoms with E-state index in [1.165, 1.54) is 6.20 Å². The van der Waals surface area contributed by atoms with Gasteiger partial charge in [0, 0.05) is 18.9 Å². The Morgan fingerprint density at radius 1 is 1.50 bits per heavy atom. The Kier molecular flexibility index (Phi) is 3.11. The number of anilines is 1. The molecule has 16 heavy (non-hydrogen) atoms. The van der Waals surface area contributed by atoms with Crippen molar-refractivity contribution in [2.45, 2.75) is 6.54 Å². The molecule has 5 nitrogen and oxygen atoms in total. The lowest BCUT2D eigenvalue weighted by atomic mass is 10.3. The average Bonchev–Trinajstić information content (AvgIpc) is 2.76. The molecule has 0 saturated carbocycles. The minimum atomic E-state index is -0.952. The van der Waals surface area contributed by atoms with Gasteiger partial charge >= 0.3 is 5.97 Å². The summed E-state index contributed by atoms with van der Waals surface area (Å²) in [6, 6.07) is 3.78. The highest BCUT2D eigenvalue weighted by Gasteiger charge is 2.07. The van der Waals surface area contributed by atoms with E-state index in [0.29, 0.717) is 11.7 Å². The molecule has 2 aromatic rings. The van der Waals surface area contributed by atoms with Gasteiger partial charge in [-0.3, -0.25) is 4.98 Å². The molecule has 6 heteroatoms. The topological polar surface area (TPSA) is 75.1 Å². The fraction of sp³-hybridized carbons (Fsp3) is 0.100. The SMILES string of the molecule is O=C(O)c1cnc(NCc2cccnc2)s1. The normalized spacial score (nSPS) is 10.0. The third-order valence-electron chi connectivity index (χ3n) is 1.88. The van der Waals surface area contributed by atoms with Crippen molar-refractivity contribution >= 4 is 22.4 Å². The Labute approximate surface area is 95.8 Å². The zero-order valence-corrected chi connectivity index (χ0v) is 9.07. The van der Waals surface area contributed by atoms with E-state index in [2.05, 4.69) is 15.3 Å². The van der Waals surface area contributed by atoms with Crippen molar-refractivity contribution in [2.75, 3.05) is 5.32 Å². The summed E-state index contributed by atoms with van der Waals surface area (Å²) in [5, 5.41) is 12.4.